The van der Waals surface area contributed by atoms with Gasteiger partial charge in [-0.2, -0.15) is 0 Å². The maximum atomic E-state index is 3.67. The summed E-state index contributed by atoms with van der Waals surface area (Å²) < 4.78 is 0. The van der Waals surface area contributed by atoms with Crippen LogP contribution in [0.25, 0.3) is 0 Å². The van der Waals surface area contributed by atoms with Gasteiger partial charge in [-0.15, -0.1) is 0 Å². The van der Waals surface area contributed by atoms with Gasteiger partial charge in [-0.25, -0.2) is 0 Å². The number of rotatable bonds is 6. The van der Waals surface area contributed by atoms with Crippen LogP contribution in [-0.2, 0) is 6.42 Å². The van der Waals surface area contributed by atoms with E-state index in [2.05, 4.69) is 34.5 Å². The monoisotopic (exact) mass is 270 g/mol. The highest BCUT2D eigenvalue weighted by molar-refractivity contribution is 5.40. The van der Waals surface area contributed by atoms with E-state index in [0.29, 0.717) is 0 Å². The van der Waals surface area contributed by atoms with Crippen LogP contribution in [-0.4, -0.2) is 37.1 Å². The number of nitrogens with one attached hydrogen (secondary N) is 1. The lowest BCUT2D eigenvalue weighted by molar-refractivity contribution is 0.219. The second-order valence-electron chi connectivity index (χ2n) is 7.06. The number of benzene rings is 1. The molecule has 1 saturated carbocycles. The third-order valence-electron chi connectivity index (χ3n) is 5.29. The predicted octanol–water partition coefficient (Wildman–Crippen LogP) is 2.79. The van der Waals surface area contributed by atoms with Gasteiger partial charge in [0.2, 0.25) is 0 Å². The zero-order valence-corrected chi connectivity index (χ0v) is 12.4. The van der Waals surface area contributed by atoms with Crippen molar-refractivity contribution in [3.8, 4) is 0 Å². The lowest BCUT2D eigenvalue weighted by atomic mass is 9.77. The average Bonchev–Trinajstić information content (AvgIpc) is 3.10. The van der Waals surface area contributed by atoms with E-state index < -0.39 is 0 Å². The molecule has 0 bridgehead atoms. The Morgan fingerprint density at radius 1 is 1.05 bits per heavy atom. The maximum absolute atomic E-state index is 3.67. The first-order valence-electron chi connectivity index (χ1n) is 8.42. The van der Waals surface area contributed by atoms with E-state index in [1.54, 1.807) is 11.1 Å². The van der Waals surface area contributed by atoms with E-state index >= 15 is 0 Å². The molecule has 2 heteroatoms. The van der Waals surface area contributed by atoms with E-state index in [4.69, 9.17) is 0 Å². The number of nitrogens with zero attached hydrogens (tertiary/aromatic N) is 1. The molecule has 1 N–H and O–H groups in total. The average molecular weight is 270 g/mol. The molecule has 1 aromatic rings. The molecule has 2 aliphatic carbocycles. The van der Waals surface area contributed by atoms with Crippen molar-refractivity contribution in [2.45, 2.75) is 44.1 Å². The number of hydrogen-bond acceptors (Lipinski definition) is 2. The molecule has 1 aromatic carbocycles. The van der Waals surface area contributed by atoms with Gasteiger partial charge in [0.15, 0.2) is 0 Å². The number of fused-ring (bicyclic) bond motifs is 1. The van der Waals surface area contributed by atoms with Crippen LogP contribution in [0.5, 0.6) is 0 Å². The van der Waals surface area contributed by atoms with Gasteiger partial charge in [0.05, 0.1) is 0 Å². The summed E-state index contributed by atoms with van der Waals surface area (Å²) in [4.78, 5) is 2.77. The normalized spacial score (nSPS) is 28.4. The fourth-order valence-corrected chi connectivity index (χ4v) is 3.95. The lowest BCUT2D eigenvalue weighted by Crippen LogP contribution is -2.42. The molecule has 2 fully saturated rings. The first-order chi connectivity index (χ1) is 9.88. The zero-order chi connectivity index (χ0) is 13.4. The molecule has 0 aromatic heterocycles. The van der Waals surface area contributed by atoms with Gasteiger partial charge in [-0.05, 0) is 55.7 Å². The summed E-state index contributed by atoms with van der Waals surface area (Å²) in [6.45, 7) is 5.13. The van der Waals surface area contributed by atoms with Crippen molar-refractivity contribution < 1.29 is 0 Å². The molecule has 4 rings (SSSR count). The number of hydrogen-bond donors (Lipinski definition) is 1. The summed E-state index contributed by atoms with van der Waals surface area (Å²) in [5, 5.41) is 3.67. The molecule has 20 heavy (non-hydrogen) atoms. The van der Waals surface area contributed by atoms with E-state index in [0.717, 1.165) is 17.9 Å². The molecule has 3 aliphatic rings. The maximum Gasteiger partial charge on any atom is 0.0195 e. The fourth-order valence-electron chi connectivity index (χ4n) is 3.95. The Morgan fingerprint density at radius 3 is 2.70 bits per heavy atom. The lowest BCUT2D eigenvalue weighted by Gasteiger charge is -2.36. The van der Waals surface area contributed by atoms with Crippen molar-refractivity contribution in [3.05, 3.63) is 35.4 Å². The van der Waals surface area contributed by atoms with E-state index in [9.17, 15) is 0 Å². The predicted molar refractivity (Wildman–Crippen MR) is 83.1 cm³/mol. The Morgan fingerprint density at radius 2 is 1.95 bits per heavy atom. The minimum Gasteiger partial charge on any atom is -0.313 e. The highest BCUT2D eigenvalue weighted by Crippen LogP contribution is 2.37. The third-order valence-corrected chi connectivity index (χ3v) is 5.29. The molecule has 1 saturated heterocycles. The van der Waals surface area contributed by atoms with Crippen molar-refractivity contribution in [2.24, 2.45) is 5.92 Å². The standard InChI is InChI=1S/C18H26N2/c1-2-6-18-15(4-1)10-16(18)12-20(11-14-7-8-14)13-17-5-3-9-19-17/h1-2,4,6,14,16-17,19H,3,5,7-13H2. The fraction of sp³-hybridized carbons (Fsp3) is 0.667. The molecule has 0 radical (unpaired) electrons. The Hall–Kier alpha value is -0.860. The van der Waals surface area contributed by atoms with Crippen LogP contribution in [0.4, 0.5) is 0 Å². The van der Waals surface area contributed by atoms with Gasteiger partial charge in [0, 0.05) is 31.6 Å². The molecule has 108 valence electrons. The van der Waals surface area contributed by atoms with E-state index in [1.165, 1.54) is 58.3 Å². The quantitative estimate of drug-likeness (QED) is 0.855. The summed E-state index contributed by atoms with van der Waals surface area (Å²) >= 11 is 0. The molecule has 2 nitrogen and oxygen atoms in total. The Balaban J connectivity index is 1.37. The SMILES string of the molecule is c1ccc2c(c1)CC2CN(CC1CC1)CC1CCCN1. The van der Waals surface area contributed by atoms with E-state index in [-0.39, 0.29) is 0 Å². The minimum atomic E-state index is 0.754. The topological polar surface area (TPSA) is 15.3 Å². The van der Waals surface area contributed by atoms with Crippen LogP contribution >= 0.6 is 0 Å². The van der Waals surface area contributed by atoms with Crippen molar-refractivity contribution in [1.29, 1.82) is 0 Å². The van der Waals surface area contributed by atoms with Gasteiger partial charge >= 0.3 is 0 Å². The van der Waals surface area contributed by atoms with Crippen molar-refractivity contribution in [3.63, 3.8) is 0 Å². The molecule has 2 unspecified atom stereocenters. The van der Waals surface area contributed by atoms with Crippen LogP contribution in [0.1, 0.15) is 42.7 Å². The Kier molecular flexibility index (Phi) is 3.53. The molecule has 2 atom stereocenters. The Bertz CT molecular complexity index is 460. The largest absolute Gasteiger partial charge is 0.313 e. The summed E-state index contributed by atoms with van der Waals surface area (Å²) in [6.07, 6.45) is 6.98. The van der Waals surface area contributed by atoms with Gasteiger partial charge in [0.25, 0.3) is 0 Å². The van der Waals surface area contributed by atoms with Crippen LogP contribution in [0.15, 0.2) is 24.3 Å². The highest BCUT2D eigenvalue weighted by atomic mass is 15.2. The zero-order valence-electron chi connectivity index (χ0n) is 12.4. The minimum absolute atomic E-state index is 0.754. The van der Waals surface area contributed by atoms with Gasteiger partial charge in [0.1, 0.15) is 0 Å². The molecular formula is C18H26N2. The van der Waals surface area contributed by atoms with Crippen LogP contribution in [0.3, 0.4) is 0 Å². The van der Waals surface area contributed by atoms with Crippen LogP contribution in [0.2, 0.25) is 0 Å². The smallest absolute Gasteiger partial charge is 0.0195 e. The van der Waals surface area contributed by atoms with E-state index in [1.807, 2.05) is 0 Å². The molecule has 1 aliphatic heterocycles. The molecule has 0 spiro atoms. The molecular weight excluding hydrogens is 244 g/mol. The molecule has 1 heterocycles. The second kappa shape index (κ2) is 5.50. The first kappa shape index (κ1) is 12.8. The van der Waals surface area contributed by atoms with Crippen molar-refractivity contribution in [1.82, 2.24) is 10.2 Å². The third kappa shape index (κ3) is 2.77. The summed E-state index contributed by atoms with van der Waals surface area (Å²) in [5.74, 6) is 1.80. The van der Waals surface area contributed by atoms with Crippen molar-refractivity contribution >= 4 is 0 Å². The summed E-state index contributed by atoms with van der Waals surface area (Å²) in [7, 11) is 0. The second-order valence-corrected chi connectivity index (χ2v) is 7.06. The first-order valence-corrected chi connectivity index (χ1v) is 8.42. The van der Waals surface area contributed by atoms with Crippen LogP contribution < -0.4 is 5.32 Å². The van der Waals surface area contributed by atoms with Gasteiger partial charge in [-0.3, -0.25) is 0 Å². The summed E-state index contributed by atoms with van der Waals surface area (Å²) in [5.41, 5.74) is 3.20. The Labute approximate surface area is 122 Å². The molecule has 0 amide bonds. The summed E-state index contributed by atoms with van der Waals surface area (Å²) in [6, 6.07) is 9.78. The van der Waals surface area contributed by atoms with Gasteiger partial charge in [-0.1, -0.05) is 24.3 Å². The van der Waals surface area contributed by atoms with Gasteiger partial charge < -0.3 is 10.2 Å². The highest BCUT2D eigenvalue weighted by Gasteiger charge is 2.31. The van der Waals surface area contributed by atoms with Crippen molar-refractivity contribution in [2.75, 3.05) is 26.2 Å². The van der Waals surface area contributed by atoms with Crippen LogP contribution in [0, 0.1) is 5.92 Å².